The van der Waals surface area contributed by atoms with Crippen LogP contribution in [-0.2, 0) is 11.3 Å². The maximum absolute atomic E-state index is 14.2. The lowest BCUT2D eigenvalue weighted by Gasteiger charge is -2.15. The molecule has 148 valence electrons. The Morgan fingerprint density at radius 2 is 2.14 bits per heavy atom. The minimum Gasteiger partial charge on any atom is -0.508 e. The van der Waals surface area contributed by atoms with E-state index in [9.17, 15) is 24.5 Å². The fourth-order valence-corrected chi connectivity index (χ4v) is 3.36. The van der Waals surface area contributed by atoms with Crippen LogP contribution in [-0.4, -0.2) is 59.4 Å². The summed E-state index contributed by atoms with van der Waals surface area (Å²) in [5, 5.41) is 29.1. The summed E-state index contributed by atoms with van der Waals surface area (Å²) in [7, 11) is 0. The molecule has 1 aromatic carbocycles. The second-order valence-corrected chi connectivity index (χ2v) is 6.53. The third-order valence-electron chi connectivity index (χ3n) is 4.70. The molecular formula is C17H18FN5O5. The van der Waals surface area contributed by atoms with Gasteiger partial charge in [0.2, 0.25) is 5.95 Å². The number of ether oxygens (including phenoxy) is 1. The smallest absolute Gasteiger partial charge is 0.332 e. The van der Waals surface area contributed by atoms with Crippen LogP contribution in [0.3, 0.4) is 0 Å². The van der Waals surface area contributed by atoms with Crippen LogP contribution in [0.4, 0.5) is 10.3 Å². The molecule has 3 aromatic rings. The van der Waals surface area contributed by atoms with Gasteiger partial charge in [0.15, 0.2) is 18.0 Å². The number of rotatable bonds is 4. The number of anilines is 1. The Morgan fingerprint density at radius 3 is 2.82 bits per heavy atom. The summed E-state index contributed by atoms with van der Waals surface area (Å²) in [6.45, 7) is -0.585. The molecule has 1 aliphatic heterocycles. The molecule has 0 unspecified atom stereocenters. The molecule has 0 spiro atoms. The number of hydrogen-bond donors (Lipinski definition) is 4. The van der Waals surface area contributed by atoms with Crippen LogP contribution < -0.4 is 11.4 Å². The van der Waals surface area contributed by atoms with Crippen LogP contribution in [0.15, 0.2) is 35.3 Å². The second-order valence-electron chi connectivity index (χ2n) is 6.53. The van der Waals surface area contributed by atoms with E-state index >= 15 is 0 Å². The van der Waals surface area contributed by atoms with Crippen LogP contribution in [0.25, 0.3) is 11.2 Å². The molecule has 1 fully saturated rings. The van der Waals surface area contributed by atoms with Gasteiger partial charge in [-0.05, 0) is 17.7 Å². The van der Waals surface area contributed by atoms with Crippen molar-refractivity contribution < 1.29 is 24.4 Å². The van der Waals surface area contributed by atoms with Crippen molar-refractivity contribution in [2.24, 2.45) is 0 Å². The van der Waals surface area contributed by atoms with E-state index in [1.54, 1.807) is 12.1 Å². The van der Waals surface area contributed by atoms with Crippen molar-refractivity contribution in [3.8, 4) is 5.75 Å². The van der Waals surface area contributed by atoms with Crippen LogP contribution in [0.1, 0.15) is 11.8 Å². The van der Waals surface area contributed by atoms with E-state index in [2.05, 4.69) is 9.97 Å². The van der Waals surface area contributed by atoms with E-state index in [0.717, 1.165) is 4.57 Å². The number of nitrogens with two attached hydrogens (primary N) is 1. The zero-order valence-corrected chi connectivity index (χ0v) is 14.5. The number of nitrogen functional groups attached to an aromatic ring is 1. The van der Waals surface area contributed by atoms with Gasteiger partial charge in [-0.3, -0.25) is 4.57 Å². The van der Waals surface area contributed by atoms with Crippen molar-refractivity contribution in [2.45, 2.75) is 31.2 Å². The van der Waals surface area contributed by atoms with Crippen LogP contribution in [0, 0.1) is 0 Å². The molecule has 4 atom stereocenters. The van der Waals surface area contributed by atoms with Gasteiger partial charge < -0.3 is 25.8 Å². The normalized spacial score (nSPS) is 24.8. The molecule has 0 aliphatic carbocycles. The first kappa shape index (κ1) is 18.3. The third-order valence-corrected chi connectivity index (χ3v) is 4.70. The number of alkyl halides is 1. The van der Waals surface area contributed by atoms with Crippen molar-refractivity contribution >= 4 is 17.1 Å². The Hall–Kier alpha value is -3.02. The number of aliphatic hydroxyl groups excluding tert-OH is 2. The molecule has 2 aromatic heterocycles. The molecular weight excluding hydrogens is 373 g/mol. The minimum atomic E-state index is -1.87. The lowest BCUT2D eigenvalue weighted by atomic mass is 10.1. The lowest BCUT2D eigenvalue weighted by molar-refractivity contribution is -0.0513. The largest absolute Gasteiger partial charge is 0.508 e. The average Bonchev–Trinajstić information content (AvgIpc) is 3.09. The number of aliphatic hydroxyl groups is 2. The predicted octanol–water partition coefficient (Wildman–Crippen LogP) is -0.482. The van der Waals surface area contributed by atoms with Gasteiger partial charge in [0, 0.05) is 0 Å². The molecule has 10 nitrogen and oxygen atoms in total. The molecule has 0 bridgehead atoms. The molecule has 0 amide bonds. The SMILES string of the molecule is Nc1ncc2c(n1)n([C@@H]1O[C@H](CO)[C@@H](F)[C@H]1O)c(=O)n2Cc1cccc(O)c1. The number of imidazole rings is 1. The number of aromatic nitrogens is 4. The number of hydrogen-bond acceptors (Lipinski definition) is 8. The summed E-state index contributed by atoms with van der Waals surface area (Å²) in [5.41, 5.74) is 5.99. The van der Waals surface area contributed by atoms with E-state index in [1.807, 2.05) is 0 Å². The molecule has 11 heteroatoms. The first-order valence-corrected chi connectivity index (χ1v) is 8.50. The van der Waals surface area contributed by atoms with Gasteiger partial charge >= 0.3 is 5.69 Å². The van der Waals surface area contributed by atoms with Crippen molar-refractivity contribution in [1.29, 1.82) is 0 Å². The Labute approximate surface area is 157 Å². The van der Waals surface area contributed by atoms with Gasteiger partial charge in [0.25, 0.3) is 0 Å². The quantitative estimate of drug-likeness (QED) is 0.466. The van der Waals surface area contributed by atoms with E-state index in [-0.39, 0.29) is 23.9 Å². The number of aromatic hydroxyl groups is 1. The van der Waals surface area contributed by atoms with E-state index in [4.69, 9.17) is 10.5 Å². The second kappa shape index (κ2) is 6.86. The van der Waals surface area contributed by atoms with Crippen molar-refractivity contribution in [3.05, 3.63) is 46.5 Å². The van der Waals surface area contributed by atoms with Crippen molar-refractivity contribution in [1.82, 2.24) is 19.1 Å². The molecule has 0 radical (unpaired) electrons. The molecule has 1 saturated heterocycles. The standard InChI is InChI=1S/C17H18FN5O5/c18-12-11(7-24)28-15(13(12)26)23-14-10(5-20-16(19)21-14)22(17(23)27)6-8-2-1-3-9(25)4-8/h1-5,11-13,15,24-26H,6-7H2,(H2,19,20,21)/t11-,12-,13-,15-/m1/s1. The maximum atomic E-state index is 14.2. The highest BCUT2D eigenvalue weighted by molar-refractivity contribution is 5.72. The van der Waals surface area contributed by atoms with Gasteiger partial charge in [-0.2, -0.15) is 4.98 Å². The van der Waals surface area contributed by atoms with Gasteiger partial charge in [0.05, 0.1) is 19.3 Å². The highest BCUT2D eigenvalue weighted by Gasteiger charge is 2.46. The highest BCUT2D eigenvalue weighted by atomic mass is 19.1. The number of halogens is 1. The lowest BCUT2D eigenvalue weighted by Crippen LogP contribution is -2.34. The van der Waals surface area contributed by atoms with Gasteiger partial charge in [-0.1, -0.05) is 12.1 Å². The predicted molar refractivity (Wildman–Crippen MR) is 95.3 cm³/mol. The zero-order valence-electron chi connectivity index (χ0n) is 14.5. The van der Waals surface area contributed by atoms with Crippen LogP contribution >= 0.6 is 0 Å². The Kier molecular flexibility index (Phi) is 4.49. The highest BCUT2D eigenvalue weighted by Crippen LogP contribution is 2.32. The summed E-state index contributed by atoms with van der Waals surface area (Å²) in [6, 6.07) is 6.34. The van der Waals surface area contributed by atoms with Gasteiger partial charge in [-0.15, -0.1) is 0 Å². The number of fused-ring (bicyclic) bond motifs is 1. The first-order chi connectivity index (χ1) is 13.4. The average molecular weight is 391 g/mol. The monoisotopic (exact) mass is 391 g/mol. The first-order valence-electron chi connectivity index (χ1n) is 8.50. The number of phenolic OH excluding ortho intramolecular Hbond substituents is 1. The van der Waals surface area contributed by atoms with E-state index < -0.39 is 36.9 Å². The Morgan fingerprint density at radius 1 is 1.36 bits per heavy atom. The van der Waals surface area contributed by atoms with E-state index in [1.165, 1.54) is 22.9 Å². The number of nitrogens with zero attached hydrogens (tertiary/aromatic N) is 4. The Bertz CT molecular complexity index is 1080. The topological polar surface area (TPSA) is 149 Å². The summed E-state index contributed by atoms with van der Waals surface area (Å²) in [6.07, 6.45) is -4.86. The third kappa shape index (κ3) is 2.89. The molecule has 3 heterocycles. The van der Waals surface area contributed by atoms with Crippen molar-refractivity contribution in [2.75, 3.05) is 12.3 Å². The van der Waals surface area contributed by atoms with Crippen LogP contribution in [0.5, 0.6) is 5.75 Å². The molecule has 28 heavy (non-hydrogen) atoms. The van der Waals surface area contributed by atoms with Crippen molar-refractivity contribution in [3.63, 3.8) is 0 Å². The number of benzene rings is 1. The number of phenols is 1. The fourth-order valence-electron chi connectivity index (χ4n) is 3.36. The van der Waals surface area contributed by atoms with Gasteiger partial charge in [0.1, 0.15) is 23.5 Å². The zero-order chi connectivity index (χ0) is 20.0. The van der Waals surface area contributed by atoms with Crippen LogP contribution in [0.2, 0.25) is 0 Å². The summed E-state index contributed by atoms with van der Waals surface area (Å²) in [4.78, 5) is 21.1. The molecule has 1 aliphatic rings. The summed E-state index contributed by atoms with van der Waals surface area (Å²) < 4.78 is 21.9. The van der Waals surface area contributed by atoms with Gasteiger partial charge in [-0.25, -0.2) is 18.7 Å². The summed E-state index contributed by atoms with van der Waals surface area (Å²) in [5.74, 6) is -0.0749. The molecule has 4 rings (SSSR count). The molecule has 5 N–H and O–H groups in total. The fraction of sp³-hybridized carbons (Fsp3) is 0.353. The molecule has 0 saturated carbocycles. The minimum absolute atomic E-state index is 0.0374. The summed E-state index contributed by atoms with van der Waals surface area (Å²) >= 11 is 0. The maximum Gasteiger partial charge on any atom is 0.332 e. The van der Waals surface area contributed by atoms with E-state index in [0.29, 0.717) is 11.1 Å². The Balaban J connectivity index is 1.87.